The summed E-state index contributed by atoms with van der Waals surface area (Å²) in [5, 5.41) is 3.57. The van der Waals surface area contributed by atoms with E-state index in [0.29, 0.717) is 24.7 Å². The summed E-state index contributed by atoms with van der Waals surface area (Å²) in [6.07, 6.45) is 9.65. The first kappa shape index (κ1) is 15.3. The van der Waals surface area contributed by atoms with Crippen LogP contribution in [0.25, 0.3) is 0 Å². The summed E-state index contributed by atoms with van der Waals surface area (Å²) in [4.78, 5) is 12.4. The van der Waals surface area contributed by atoms with E-state index in [0.717, 1.165) is 31.6 Å². The molecule has 0 amide bonds. The van der Waals surface area contributed by atoms with Gasteiger partial charge in [0.2, 0.25) is 0 Å². The van der Waals surface area contributed by atoms with Crippen molar-refractivity contribution in [3.63, 3.8) is 0 Å². The van der Waals surface area contributed by atoms with E-state index >= 15 is 0 Å². The fourth-order valence-corrected chi connectivity index (χ4v) is 3.56. The highest BCUT2D eigenvalue weighted by molar-refractivity contribution is 5.82. The number of carbonyl (C=O) groups excluding carboxylic acids is 1. The molecule has 0 aliphatic heterocycles. The fraction of sp³-hybridized carbons (Fsp3) is 0.941. The third-order valence-corrected chi connectivity index (χ3v) is 5.37. The zero-order valence-electron chi connectivity index (χ0n) is 13.4. The maximum absolute atomic E-state index is 12.4. The number of ether oxygens (including phenoxy) is 2. The lowest BCUT2D eigenvalue weighted by Gasteiger charge is -2.35. The van der Waals surface area contributed by atoms with E-state index in [2.05, 4.69) is 12.2 Å². The van der Waals surface area contributed by atoms with Crippen LogP contribution in [-0.2, 0) is 14.3 Å². The topological polar surface area (TPSA) is 47.6 Å². The summed E-state index contributed by atoms with van der Waals surface area (Å²) in [5.74, 6) is 1.09. The Morgan fingerprint density at radius 1 is 1.10 bits per heavy atom. The van der Waals surface area contributed by atoms with Crippen LogP contribution in [-0.4, -0.2) is 37.4 Å². The molecule has 0 bridgehead atoms. The number of hydrogen-bond donors (Lipinski definition) is 1. The van der Waals surface area contributed by atoms with Gasteiger partial charge in [0.05, 0.1) is 19.8 Å². The number of esters is 1. The Kier molecular flexibility index (Phi) is 4.55. The second kappa shape index (κ2) is 6.25. The van der Waals surface area contributed by atoms with Gasteiger partial charge in [0.1, 0.15) is 5.54 Å². The molecule has 3 aliphatic rings. The molecule has 0 radical (unpaired) electrons. The van der Waals surface area contributed by atoms with E-state index in [1.165, 1.54) is 32.8 Å². The van der Waals surface area contributed by atoms with Crippen molar-refractivity contribution in [3.05, 3.63) is 0 Å². The van der Waals surface area contributed by atoms with Crippen LogP contribution in [0.5, 0.6) is 0 Å². The first-order chi connectivity index (χ1) is 10.1. The second-order valence-electron chi connectivity index (χ2n) is 7.35. The molecule has 0 heterocycles. The molecule has 4 nitrogen and oxygen atoms in total. The van der Waals surface area contributed by atoms with Crippen LogP contribution in [0.2, 0.25) is 0 Å². The Hall–Kier alpha value is -0.610. The van der Waals surface area contributed by atoms with Crippen molar-refractivity contribution in [1.82, 2.24) is 5.32 Å². The molecule has 3 saturated carbocycles. The highest BCUT2D eigenvalue weighted by atomic mass is 16.5. The van der Waals surface area contributed by atoms with E-state index < -0.39 is 5.54 Å². The van der Waals surface area contributed by atoms with Gasteiger partial charge in [0.25, 0.3) is 0 Å². The molecular weight excluding hydrogens is 266 g/mol. The second-order valence-corrected chi connectivity index (χ2v) is 7.35. The first-order valence-electron chi connectivity index (χ1n) is 8.62. The number of hydrogen-bond acceptors (Lipinski definition) is 4. The Morgan fingerprint density at radius 3 is 2.29 bits per heavy atom. The van der Waals surface area contributed by atoms with Gasteiger partial charge in [-0.1, -0.05) is 6.92 Å². The van der Waals surface area contributed by atoms with Crippen LogP contribution in [0.3, 0.4) is 0 Å². The van der Waals surface area contributed by atoms with Gasteiger partial charge in [-0.3, -0.25) is 5.32 Å². The van der Waals surface area contributed by atoms with Gasteiger partial charge in [-0.15, -0.1) is 0 Å². The maximum atomic E-state index is 12.4. The lowest BCUT2D eigenvalue weighted by molar-refractivity contribution is -0.155. The zero-order valence-corrected chi connectivity index (χ0v) is 13.4. The SMILES string of the molecule is COC(=O)C(COC1CCC(C)CC1)(NC1CC1)C1CC1. The average Bonchev–Trinajstić information content (AvgIpc) is 3.37. The lowest BCUT2D eigenvalue weighted by atomic mass is 9.88. The van der Waals surface area contributed by atoms with E-state index in [-0.39, 0.29) is 5.97 Å². The zero-order chi connectivity index (χ0) is 14.9. The molecule has 0 aromatic heterocycles. The predicted octanol–water partition coefficient (Wildman–Crippen LogP) is 2.66. The van der Waals surface area contributed by atoms with Gasteiger partial charge in [-0.25, -0.2) is 4.79 Å². The van der Waals surface area contributed by atoms with Crippen molar-refractivity contribution >= 4 is 5.97 Å². The molecule has 3 rings (SSSR count). The summed E-state index contributed by atoms with van der Waals surface area (Å²) >= 11 is 0. The van der Waals surface area contributed by atoms with Gasteiger partial charge >= 0.3 is 5.97 Å². The van der Waals surface area contributed by atoms with E-state index in [4.69, 9.17) is 9.47 Å². The molecule has 0 aromatic rings. The first-order valence-corrected chi connectivity index (χ1v) is 8.62. The molecule has 0 aromatic carbocycles. The minimum absolute atomic E-state index is 0.124. The minimum Gasteiger partial charge on any atom is -0.468 e. The smallest absolute Gasteiger partial charge is 0.328 e. The maximum Gasteiger partial charge on any atom is 0.328 e. The van der Waals surface area contributed by atoms with Gasteiger partial charge in [-0.05, 0) is 63.2 Å². The molecule has 1 unspecified atom stereocenters. The normalized spacial score (nSPS) is 32.5. The van der Waals surface area contributed by atoms with Crippen molar-refractivity contribution in [2.45, 2.75) is 76.0 Å². The Balaban J connectivity index is 1.62. The van der Waals surface area contributed by atoms with E-state index in [1.807, 2.05) is 0 Å². The van der Waals surface area contributed by atoms with Crippen molar-refractivity contribution in [1.29, 1.82) is 0 Å². The molecule has 0 spiro atoms. The van der Waals surface area contributed by atoms with Gasteiger partial charge in [-0.2, -0.15) is 0 Å². The van der Waals surface area contributed by atoms with Crippen molar-refractivity contribution in [3.8, 4) is 0 Å². The Labute approximate surface area is 127 Å². The summed E-state index contributed by atoms with van der Waals surface area (Å²) < 4.78 is 11.3. The Morgan fingerprint density at radius 2 is 1.76 bits per heavy atom. The van der Waals surface area contributed by atoms with E-state index in [9.17, 15) is 4.79 Å². The molecule has 3 aliphatic carbocycles. The van der Waals surface area contributed by atoms with Crippen LogP contribution in [0, 0.1) is 11.8 Å². The van der Waals surface area contributed by atoms with Crippen molar-refractivity contribution in [2.75, 3.05) is 13.7 Å². The quantitative estimate of drug-likeness (QED) is 0.734. The molecular formula is C17H29NO3. The molecule has 4 heteroatoms. The molecule has 0 saturated heterocycles. The summed E-state index contributed by atoms with van der Waals surface area (Å²) in [6, 6.07) is 0.486. The number of nitrogens with one attached hydrogen (secondary N) is 1. The largest absolute Gasteiger partial charge is 0.468 e. The fourth-order valence-electron chi connectivity index (χ4n) is 3.56. The molecule has 3 fully saturated rings. The van der Waals surface area contributed by atoms with Crippen molar-refractivity contribution in [2.24, 2.45) is 11.8 Å². The highest BCUT2D eigenvalue weighted by Crippen LogP contribution is 2.43. The number of methoxy groups -OCH3 is 1. The summed E-state index contributed by atoms with van der Waals surface area (Å²) in [6.45, 7) is 2.80. The van der Waals surface area contributed by atoms with Crippen LogP contribution in [0.1, 0.15) is 58.3 Å². The van der Waals surface area contributed by atoms with Crippen molar-refractivity contribution < 1.29 is 14.3 Å². The summed E-state index contributed by atoms with van der Waals surface area (Å²) in [5.41, 5.74) is -0.584. The number of carbonyl (C=O) groups is 1. The number of rotatable bonds is 7. The van der Waals surface area contributed by atoms with Crippen LogP contribution in [0.15, 0.2) is 0 Å². The average molecular weight is 295 g/mol. The van der Waals surface area contributed by atoms with Crippen LogP contribution >= 0.6 is 0 Å². The molecule has 1 N–H and O–H groups in total. The van der Waals surface area contributed by atoms with Gasteiger partial charge in [0.15, 0.2) is 0 Å². The van der Waals surface area contributed by atoms with Gasteiger partial charge in [0, 0.05) is 6.04 Å². The summed E-state index contributed by atoms with van der Waals surface area (Å²) in [7, 11) is 1.50. The molecule has 21 heavy (non-hydrogen) atoms. The third-order valence-electron chi connectivity index (χ3n) is 5.37. The predicted molar refractivity (Wildman–Crippen MR) is 81.0 cm³/mol. The lowest BCUT2D eigenvalue weighted by Crippen LogP contribution is -2.59. The minimum atomic E-state index is -0.584. The third kappa shape index (κ3) is 3.59. The van der Waals surface area contributed by atoms with E-state index in [1.54, 1.807) is 0 Å². The standard InChI is InChI=1S/C17H29NO3/c1-12-3-9-15(10-4-12)21-11-17(13-5-6-13,16(19)20-2)18-14-7-8-14/h12-15,18H,3-11H2,1-2H3. The van der Waals surface area contributed by atoms with Crippen LogP contribution in [0.4, 0.5) is 0 Å². The van der Waals surface area contributed by atoms with Crippen LogP contribution < -0.4 is 5.32 Å². The Bertz CT molecular complexity index is 370. The molecule has 120 valence electrons. The highest BCUT2D eigenvalue weighted by Gasteiger charge is 2.54. The monoisotopic (exact) mass is 295 g/mol. The molecule has 1 atom stereocenters. The van der Waals surface area contributed by atoms with Gasteiger partial charge < -0.3 is 9.47 Å².